The Kier molecular flexibility index (Phi) is 3.68. The van der Waals surface area contributed by atoms with E-state index in [1.807, 2.05) is 0 Å². The molecular formula is C13H24O2. The Bertz CT molecular complexity index is 191. The van der Waals surface area contributed by atoms with Crippen LogP contribution < -0.4 is 0 Å². The third kappa shape index (κ3) is 2.54. The van der Waals surface area contributed by atoms with E-state index < -0.39 is 0 Å². The van der Waals surface area contributed by atoms with Gasteiger partial charge in [-0.3, -0.25) is 0 Å². The van der Waals surface area contributed by atoms with E-state index in [-0.39, 0.29) is 11.5 Å². The van der Waals surface area contributed by atoms with Gasteiger partial charge in [-0.1, -0.05) is 26.2 Å². The molecular weight excluding hydrogens is 188 g/mol. The van der Waals surface area contributed by atoms with Gasteiger partial charge in [0.15, 0.2) is 0 Å². The molecule has 1 aliphatic heterocycles. The number of ether oxygens (including phenoxy) is 1. The summed E-state index contributed by atoms with van der Waals surface area (Å²) in [4.78, 5) is 0. The molecule has 88 valence electrons. The predicted octanol–water partition coefficient (Wildman–Crippen LogP) is 2.74. The van der Waals surface area contributed by atoms with E-state index in [1.165, 1.54) is 32.1 Å². The first-order valence-electron chi connectivity index (χ1n) is 6.48. The molecule has 1 saturated carbocycles. The van der Waals surface area contributed by atoms with Crippen molar-refractivity contribution in [1.29, 1.82) is 0 Å². The maximum Gasteiger partial charge on any atom is 0.0643 e. The molecule has 2 atom stereocenters. The van der Waals surface area contributed by atoms with Gasteiger partial charge in [0.1, 0.15) is 0 Å². The summed E-state index contributed by atoms with van der Waals surface area (Å²) in [5.74, 6) is 0.391. The van der Waals surface area contributed by atoms with E-state index in [4.69, 9.17) is 4.74 Å². The maximum atomic E-state index is 10.5. The van der Waals surface area contributed by atoms with Crippen molar-refractivity contribution >= 4 is 0 Å². The lowest BCUT2D eigenvalue weighted by Crippen LogP contribution is -2.42. The van der Waals surface area contributed by atoms with E-state index in [2.05, 4.69) is 6.92 Å². The van der Waals surface area contributed by atoms with Crippen LogP contribution in [0.4, 0.5) is 0 Å². The van der Waals surface area contributed by atoms with E-state index in [9.17, 15) is 5.11 Å². The number of aliphatic hydroxyl groups excluding tert-OH is 1. The van der Waals surface area contributed by atoms with Crippen LogP contribution in [0.3, 0.4) is 0 Å². The summed E-state index contributed by atoms with van der Waals surface area (Å²) in [5.41, 5.74) is 0.170. The number of hydrogen-bond donors (Lipinski definition) is 1. The summed E-state index contributed by atoms with van der Waals surface area (Å²) >= 11 is 0. The normalized spacial score (nSPS) is 33.6. The molecule has 0 aromatic heterocycles. The molecule has 2 unspecified atom stereocenters. The van der Waals surface area contributed by atoms with E-state index in [1.54, 1.807) is 0 Å². The van der Waals surface area contributed by atoms with Gasteiger partial charge in [0.25, 0.3) is 0 Å². The second-order valence-corrected chi connectivity index (χ2v) is 5.64. The Hall–Kier alpha value is -0.0800. The summed E-state index contributed by atoms with van der Waals surface area (Å²) in [6.07, 6.45) is 8.47. The molecule has 0 spiro atoms. The molecule has 1 N–H and O–H groups in total. The summed E-state index contributed by atoms with van der Waals surface area (Å²) in [7, 11) is 0. The second kappa shape index (κ2) is 4.84. The summed E-state index contributed by atoms with van der Waals surface area (Å²) < 4.78 is 5.48. The molecule has 0 aromatic carbocycles. The Labute approximate surface area is 93.0 Å². The first-order chi connectivity index (χ1) is 7.22. The summed E-state index contributed by atoms with van der Waals surface area (Å²) in [6, 6.07) is 0. The highest BCUT2D eigenvalue weighted by atomic mass is 16.5. The lowest BCUT2D eigenvalue weighted by atomic mass is 9.67. The summed E-state index contributed by atoms with van der Waals surface area (Å²) in [6.45, 7) is 3.93. The zero-order chi connectivity index (χ0) is 10.7. The van der Waals surface area contributed by atoms with E-state index in [0.29, 0.717) is 5.92 Å². The van der Waals surface area contributed by atoms with Crippen LogP contribution in [0.2, 0.25) is 0 Å². The SMILES string of the molecule is CC1(C(O)C2CCCOC2)CCCCC1. The molecule has 1 aliphatic carbocycles. The van der Waals surface area contributed by atoms with Crippen molar-refractivity contribution in [2.24, 2.45) is 11.3 Å². The zero-order valence-electron chi connectivity index (χ0n) is 9.87. The van der Waals surface area contributed by atoms with Gasteiger partial charge in [0.05, 0.1) is 12.7 Å². The van der Waals surface area contributed by atoms with Crippen molar-refractivity contribution in [2.75, 3.05) is 13.2 Å². The number of hydrogen-bond acceptors (Lipinski definition) is 2. The van der Waals surface area contributed by atoms with Crippen LogP contribution in [0.1, 0.15) is 51.9 Å². The fraction of sp³-hybridized carbons (Fsp3) is 1.00. The van der Waals surface area contributed by atoms with E-state index in [0.717, 1.165) is 26.1 Å². The van der Waals surface area contributed by atoms with Crippen molar-refractivity contribution in [3.05, 3.63) is 0 Å². The second-order valence-electron chi connectivity index (χ2n) is 5.64. The largest absolute Gasteiger partial charge is 0.392 e. The van der Waals surface area contributed by atoms with Gasteiger partial charge in [-0.2, -0.15) is 0 Å². The Morgan fingerprint density at radius 1 is 1.20 bits per heavy atom. The van der Waals surface area contributed by atoms with Gasteiger partial charge in [-0.15, -0.1) is 0 Å². The van der Waals surface area contributed by atoms with Gasteiger partial charge in [0, 0.05) is 12.5 Å². The summed E-state index contributed by atoms with van der Waals surface area (Å²) in [5, 5.41) is 10.5. The molecule has 2 nitrogen and oxygen atoms in total. The van der Waals surface area contributed by atoms with Gasteiger partial charge < -0.3 is 9.84 Å². The van der Waals surface area contributed by atoms with Crippen LogP contribution in [0.25, 0.3) is 0 Å². The van der Waals surface area contributed by atoms with Gasteiger partial charge >= 0.3 is 0 Å². The van der Waals surface area contributed by atoms with Crippen molar-refractivity contribution < 1.29 is 9.84 Å². The quantitative estimate of drug-likeness (QED) is 0.762. The molecule has 2 rings (SSSR count). The van der Waals surface area contributed by atoms with E-state index >= 15 is 0 Å². The van der Waals surface area contributed by atoms with Crippen molar-refractivity contribution in [1.82, 2.24) is 0 Å². The third-order valence-electron chi connectivity index (χ3n) is 4.35. The molecule has 0 bridgehead atoms. The predicted molar refractivity (Wildman–Crippen MR) is 60.7 cm³/mol. The highest BCUT2D eigenvalue weighted by molar-refractivity contribution is 4.89. The molecule has 0 aromatic rings. The van der Waals surface area contributed by atoms with Gasteiger partial charge in [0.2, 0.25) is 0 Å². The zero-order valence-corrected chi connectivity index (χ0v) is 9.87. The fourth-order valence-electron chi connectivity index (χ4n) is 3.24. The lowest BCUT2D eigenvalue weighted by Gasteiger charge is -2.42. The highest BCUT2D eigenvalue weighted by Crippen LogP contribution is 2.42. The van der Waals surface area contributed by atoms with Crippen LogP contribution in [-0.2, 0) is 4.74 Å². The minimum atomic E-state index is -0.141. The average molecular weight is 212 g/mol. The average Bonchev–Trinajstić information content (AvgIpc) is 2.30. The van der Waals surface area contributed by atoms with Crippen LogP contribution >= 0.6 is 0 Å². The molecule has 15 heavy (non-hydrogen) atoms. The smallest absolute Gasteiger partial charge is 0.0643 e. The van der Waals surface area contributed by atoms with Gasteiger partial charge in [-0.25, -0.2) is 0 Å². The first-order valence-corrected chi connectivity index (χ1v) is 6.48. The lowest BCUT2D eigenvalue weighted by molar-refractivity contribution is -0.0769. The van der Waals surface area contributed by atoms with Crippen molar-refractivity contribution in [3.8, 4) is 0 Å². The molecule has 2 heteroatoms. The minimum absolute atomic E-state index is 0.141. The molecule has 0 radical (unpaired) electrons. The standard InChI is InChI=1S/C13H24O2/c1-13(7-3-2-4-8-13)12(14)11-6-5-9-15-10-11/h11-12,14H,2-10H2,1H3. The minimum Gasteiger partial charge on any atom is -0.392 e. The van der Waals surface area contributed by atoms with Crippen molar-refractivity contribution in [3.63, 3.8) is 0 Å². The van der Waals surface area contributed by atoms with Crippen molar-refractivity contribution in [2.45, 2.75) is 58.0 Å². The number of rotatable bonds is 2. The highest BCUT2D eigenvalue weighted by Gasteiger charge is 2.39. The third-order valence-corrected chi connectivity index (χ3v) is 4.35. The van der Waals surface area contributed by atoms with Crippen LogP contribution in [0.5, 0.6) is 0 Å². The Morgan fingerprint density at radius 2 is 1.93 bits per heavy atom. The molecule has 1 heterocycles. The van der Waals surface area contributed by atoms with Crippen LogP contribution in [-0.4, -0.2) is 24.4 Å². The maximum absolute atomic E-state index is 10.5. The monoisotopic (exact) mass is 212 g/mol. The molecule has 2 fully saturated rings. The van der Waals surface area contributed by atoms with Crippen LogP contribution in [0, 0.1) is 11.3 Å². The topological polar surface area (TPSA) is 29.5 Å². The van der Waals surface area contributed by atoms with Crippen LogP contribution in [0.15, 0.2) is 0 Å². The Balaban J connectivity index is 1.94. The number of aliphatic hydroxyl groups is 1. The molecule has 1 saturated heterocycles. The molecule has 0 amide bonds. The fourth-order valence-corrected chi connectivity index (χ4v) is 3.24. The first kappa shape index (κ1) is 11.4. The van der Waals surface area contributed by atoms with Gasteiger partial charge in [-0.05, 0) is 31.1 Å². The molecule has 2 aliphatic rings. The Morgan fingerprint density at radius 3 is 2.53 bits per heavy atom.